The number of ether oxygens (including phenoxy) is 1. The molecule has 1 saturated heterocycles. The van der Waals surface area contributed by atoms with E-state index in [2.05, 4.69) is 50.2 Å². The average Bonchev–Trinajstić information content (AvgIpc) is 3.26. The summed E-state index contributed by atoms with van der Waals surface area (Å²) in [5.74, 6) is 2.95. The Morgan fingerprint density at radius 2 is 1.87 bits per heavy atom. The predicted octanol–water partition coefficient (Wildman–Crippen LogP) is 6.59. The van der Waals surface area contributed by atoms with Crippen LogP contribution in [0.5, 0.6) is 5.75 Å². The van der Waals surface area contributed by atoms with E-state index in [-0.39, 0.29) is 5.91 Å². The van der Waals surface area contributed by atoms with Crippen LogP contribution in [-0.4, -0.2) is 49.6 Å². The number of rotatable bonds is 6. The van der Waals surface area contributed by atoms with Crippen molar-refractivity contribution >= 4 is 38.9 Å². The number of hydrogen-bond acceptors (Lipinski definition) is 5. The normalized spacial score (nSPS) is 21.1. The molecule has 6 aromatic rings. The Hall–Kier alpha value is -4.79. The molecule has 3 aromatic carbocycles. The number of nitrogens with one attached hydrogen (secondary N) is 1. The Bertz CT molecular complexity index is 2230. The maximum atomic E-state index is 13.8. The monoisotopic (exact) mass is 601 g/mol. The van der Waals surface area contributed by atoms with E-state index in [9.17, 15) is 9.59 Å². The second-order valence-corrected chi connectivity index (χ2v) is 13.3. The van der Waals surface area contributed by atoms with Crippen LogP contribution in [-0.2, 0) is 13.6 Å². The molecule has 2 unspecified atom stereocenters. The lowest BCUT2D eigenvalue weighted by atomic mass is 10.0. The van der Waals surface area contributed by atoms with Gasteiger partial charge in [0, 0.05) is 42.6 Å². The van der Waals surface area contributed by atoms with Crippen molar-refractivity contribution in [3.05, 3.63) is 70.7 Å². The standard InChI is InChI=1S/C36H35N5O4/c1-19-24-8-10-28(19)41(18-24)35(42)25-13-27-33(32(16-25)44-3)39(2)34(37-27)30-15-23-7-6-22(14-29(23)40(30)17-20-4-5-20)21-9-11-31-26(12-21)38-36(43)45-31/h6-7,9,11-16,19-20,24,28H,4-5,8,10,17-18H2,1-3H3,(H,38,43)/t19-,24?,28?/m1/s1. The number of benzene rings is 3. The molecule has 3 atom stereocenters. The third-order valence-electron chi connectivity index (χ3n) is 10.7. The third-order valence-corrected chi connectivity index (χ3v) is 10.7. The van der Waals surface area contributed by atoms with Gasteiger partial charge in [0.2, 0.25) is 0 Å². The van der Waals surface area contributed by atoms with Crippen molar-refractivity contribution in [1.82, 2.24) is 24.0 Å². The lowest BCUT2D eigenvalue weighted by molar-refractivity contribution is 0.0696. The highest BCUT2D eigenvalue weighted by molar-refractivity contribution is 6.00. The summed E-state index contributed by atoms with van der Waals surface area (Å²) in [5.41, 5.74) is 7.78. The molecular weight excluding hydrogens is 566 g/mol. The zero-order chi connectivity index (χ0) is 30.6. The number of hydrogen-bond donors (Lipinski definition) is 1. The molecule has 9 nitrogen and oxygen atoms in total. The number of imidazole rings is 1. The Kier molecular flexibility index (Phi) is 5.68. The predicted molar refractivity (Wildman–Crippen MR) is 173 cm³/mol. The van der Waals surface area contributed by atoms with Crippen molar-refractivity contribution in [3.8, 4) is 28.4 Å². The van der Waals surface area contributed by atoms with Crippen LogP contribution in [0.2, 0.25) is 0 Å². The lowest BCUT2D eigenvalue weighted by Crippen LogP contribution is -2.38. The molecule has 3 aliphatic rings. The minimum Gasteiger partial charge on any atom is -0.494 e. The van der Waals surface area contributed by atoms with E-state index < -0.39 is 5.76 Å². The van der Waals surface area contributed by atoms with Crippen LogP contribution >= 0.6 is 0 Å². The highest BCUT2D eigenvalue weighted by Crippen LogP contribution is 2.44. The zero-order valence-corrected chi connectivity index (χ0v) is 25.7. The molecule has 0 spiro atoms. The first-order valence-corrected chi connectivity index (χ1v) is 16.0. The van der Waals surface area contributed by atoms with Crippen molar-refractivity contribution in [1.29, 1.82) is 0 Å². The number of aromatic amines is 1. The highest BCUT2D eigenvalue weighted by atomic mass is 16.5. The summed E-state index contributed by atoms with van der Waals surface area (Å²) in [6.07, 6.45) is 4.76. The second-order valence-electron chi connectivity index (χ2n) is 13.3. The zero-order valence-electron chi connectivity index (χ0n) is 25.7. The quantitative estimate of drug-likeness (QED) is 0.232. The molecule has 1 aliphatic heterocycles. The van der Waals surface area contributed by atoms with E-state index >= 15 is 0 Å². The van der Waals surface area contributed by atoms with Crippen LogP contribution in [0.1, 0.15) is 43.0 Å². The Labute approximate surface area is 259 Å². The van der Waals surface area contributed by atoms with Crippen molar-refractivity contribution in [3.63, 3.8) is 0 Å². The number of nitrogens with zero attached hydrogens (tertiary/aromatic N) is 4. The molecule has 9 heteroatoms. The number of H-pyrrole nitrogens is 1. The first kappa shape index (κ1) is 26.6. The van der Waals surface area contributed by atoms with Gasteiger partial charge in [-0.25, -0.2) is 9.78 Å². The smallest absolute Gasteiger partial charge is 0.417 e. The van der Waals surface area contributed by atoms with Gasteiger partial charge < -0.3 is 23.2 Å². The lowest BCUT2D eigenvalue weighted by Gasteiger charge is -2.27. The van der Waals surface area contributed by atoms with Gasteiger partial charge in [0.1, 0.15) is 11.3 Å². The molecule has 0 radical (unpaired) electrons. The molecule has 4 heterocycles. The van der Waals surface area contributed by atoms with Gasteiger partial charge in [0.25, 0.3) is 5.91 Å². The van der Waals surface area contributed by atoms with Crippen LogP contribution in [0.4, 0.5) is 0 Å². The molecule has 2 bridgehead atoms. The molecule has 1 N–H and O–H groups in total. The Morgan fingerprint density at radius 1 is 1.04 bits per heavy atom. The summed E-state index contributed by atoms with van der Waals surface area (Å²) >= 11 is 0. The molecule has 9 rings (SSSR count). The van der Waals surface area contributed by atoms with Gasteiger partial charge in [-0.2, -0.15) is 0 Å². The van der Waals surface area contributed by atoms with E-state index in [4.69, 9.17) is 14.1 Å². The summed E-state index contributed by atoms with van der Waals surface area (Å²) in [5, 5.41) is 1.14. The number of amides is 1. The van der Waals surface area contributed by atoms with Crippen LogP contribution in [0.3, 0.4) is 0 Å². The fraction of sp³-hybridized carbons (Fsp3) is 0.361. The maximum absolute atomic E-state index is 13.8. The molecule has 45 heavy (non-hydrogen) atoms. The maximum Gasteiger partial charge on any atom is 0.417 e. The molecule has 2 saturated carbocycles. The second kappa shape index (κ2) is 9.60. The SMILES string of the molecule is COc1cc(C(=O)N2CC3CCC2[C@@H]3C)cc2nc(-c3cc4ccc(-c5ccc6oc(=O)[nH]c6c5)cc4n3CC3CC3)n(C)c12. The van der Waals surface area contributed by atoms with E-state index in [0.29, 0.717) is 46.2 Å². The number of carbonyl (C=O) groups is 1. The number of aryl methyl sites for hydroxylation is 1. The van der Waals surface area contributed by atoms with E-state index in [1.807, 2.05) is 37.4 Å². The Balaban J connectivity index is 1.16. The number of likely N-dealkylation sites (tertiary alicyclic amines) is 1. The van der Waals surface area contributed by atoms with Crippen LogP contribution in [0, 0.1) is 17.8 Å². The number of methoxy groups -OCH3 is 1. The van der Waals surface area contributed by atoms with Gasteiger partial charge in [0.05, 0.1) is 23.8 Å². The summed E-state index contributed by atoms with van der Waals surface area (Å²) in [7, 11) is 3.69. The minimum absolute atomic E-state index is 0.0783. The first-order valence-electron chi connectivity index (χ1n) is 16.0. The van der Waals surface area contributed by atoms with Crippen molar-refractivity contribution in [2.45, 2.75) is 45.2 Å². The number of oxazole rings is 1. The molecule has 228 valence electrons. The summed E-state index contributed by atoms with van der Waals surface area (Å²) in [6, 6.07) is 18.7. The van der Waals surface area contributed by atoms with Crippen LogP contribution < -0.4 is 10.5 Å². The number of fused-ring (bicyclic) bond motifs is 5. The number of aromatic nitrogens is 4. The van der Waals surface area contributed by atoms with E-state index in [0.717, 1.165) is 64.1 Å². The van der Waals surface area contributed by atoms with Crippen molar-refractivity contribution in [2.24, 2.45) is 24.8 Å². The summed E-state index contributed by atoms with van der Waals surface area (Å²) in [4.78, 5) is 35.5. The van der Waals surface area contributed by atoms with E-state index in [1.165, 1.54) is 19.3 Å². The molecule has 2 aliphatic carbocycles. The van der Waals surface area contributed by atoms with Gasteiger partial charge in [-0.05, 0) is 91.0 Å². The van der Waals surface area contributed by atoms with Gasteiger partial charge in [-0.1, -0.05) is 25.1 Å². The molecule has 1 amide bonds. The fourth-order valence-corrected chi connectivity index (χ4v) is 8.03. The van der Waals surface area contributed by atoms with Crippen molar-refractivity contribution in [2.75, 3.05) is 13.7 Å². The van der Waals surface area contributed by atoms with Gasteiger partial charge in [0.15, 0.2) is 11.4 Å². The molecular formula is C36H35N5O4. The van der Waals surface area contributed by atoms with Gasteiger partial charge in [-0.15, -0.1) is 0 Å². The summed E-state index contributed by atoms with van der Waals surface area (Å²) in [6.45, 7) is 4.04. The highest BCUT2D eigenvalue weighted by Gasteiger charge is 2.46. The van der Waals surface area contributed by atoms with Gasteiger partial charge >= 0.3 is 5.76 Å². The van der Waals surface area contributed by atoms with E-state index in [1.54, 1.807) is 7.11 Å². The van der Waals surface area contributed by atoms with Crippen LogP contribution in [0.15, 0.2) is 63.8 Å². The first-order chi connectivity index (χ1) is 21.9. The topological polar surface area (TPSA) is 98.3 Å². The minimum atomic E-state index is -0.450. The average molecular weight is 602 g/mol. The summed E-state index contributed by atoms with van der Waals surface area (Å²) < 4.78 is 15.6. The number of piperidine rings is 1. The third kappa shape index (κ3) is 4.09. The molecule has 3 aromatic heterocycles. The Morgan fingerprint density at radius 3 is 2.62 bits per heavy atom. The number of carbonyl (C=O) groups excluding carboxylic acids is 1. The van der Waals surface area contributed by atoms with Crippen molar-refractivity contribution < 1.29 is 13.9 Å². The van der Waals surface area contributed by atoms with Gasteiger partial charge in [-0.3, -0.25) is 9.78 Å². The fourth-order valence-electron chi connectivity index (χ4n) is 8.03. The van der Waals surface area contributed by atoms with Crippen LogP contribution in [0.25, 0.3) is 55.7 Å². The molecule has 3 fully saturated rings. The largest absolute Gasteiger partial charge is 0.494 e.